The number of aromatic nitrogens is 2. The molecular weight excluding hydrogens is 294 g/mol. The van der Waals surface area contributed by atoms with Gasteiger partial charge in [0.15, 0.2) is 5.82 Å². The Morgan fingerprint density at radius 3 is 2.81 bits per heavy atom. The summed E-state index contributed by atoms with van der Waals surface area (Å²) in [6, 6.07) is 7.84. The summed E-state index contributed by atoms with van der Waals surface area (Å²) in [5, 5.41) is 4.30. The van der Waals surface area contributed by atoms with Crippen LogP contribution in [0.3, 0.4) is 0 Å². The summed E-state index contributed by atoms with van der Waals surface area (Å²) in [5.74, 6) is 0.733. The van der Waals surface area contributed by atoms with Crippen molar-refractivity contribution in [3.63, 3.8) is 0 Å². The Morgan fingerprint density at radius 2 is 2.10 bits per heavy atom. The summed E-state index contributed by atoms with van der Waals surface area (Å²) in [4.78, 5) is 4.27. The van der Waals surface area contributed by atoms with Gasteiger partial charge in [-0.25, -0.2) is 8.42 Å². The third-order valence-electron chi connectivity index (χ3n) is 2.85. The van der Waals surface area contributed by atoms with Crippen LogP contribution in [-0.4, -0.2) is 25.7 Å². The van der Waals surface area contributed by atoms with Crippen molar-refractivity contribution in [1.82, 2.24) is 10.1 Å². The van der Waals surface area contributed by atoms with Gasteiger partial charge in [-0.05, 0) is 18.2 Å². The van der Waals surface area contributed by atoms with Gasteiger partial charge < -0.3 is 9.26 Å². The number of nitrogens with one attached hydrogen (secondary N) is 1. The van der Waals surface area contributed by atoms with E-state index in [9.17, 15) is 8.42 Å². The van der Waals surface area contributed by atoms with Crippen LogP contribution in [0.5, 0.6) is 5.75 Å². The van der Waals surface area contributed by atoms with E-state index in [1.165, 1.54) is 30.7 Å². The first-order valence-corrected chi connectivity index (χ1v) is 7.44. The number of benzene rings is 1. The molecule has 2 heterocycles. The molecule has 0 unspecified atom stereocenters. The van der Waals surface area contributed by atoms with Crippen LogP contribution >= 0.6 is 0 Å². The lowest BCUT2D eigenvalue weighted by Crippen LogP contribution is -2.13. The van der Waals surface area contributed by atoms with Crippen molar-refractivity contribution in [2.24, 2.45) is 0 Å². The standard InChI is InChI=1S/C13H11N3O4S/c1-19-10-6-9-2-3-11(7-12(9)14-8-10)21(17,18)16-13-4-5-20-15-13/h2-8H,1H3,(H,15,16). The lowest BCUT2D eigenvalue weighted by atomic mass is 10.2. The molecule has 7 nitrogen and oxygen atoms in total. The van der Waals surface area contributed by atoms with Crippen molar-refractivity contribution in [2.45, 2.75) is 4.90 Å². The van der Waals surface area contributed by atoms with Crippen LogP contribution in [0.2, 0.25) is 0 Å². The number of methoxy groups -OCH3 is 1. The maximum atomic E-state index is 12.2. The van der Waals surface area contributed by atoms with Gasteiger partial charge in [0.1, 0.15) is 12.0 Å². The fourth-order valence-corrected chi connectivity index (χ4v) is 2.83. The average Bonchev–Trinajstić information content (AvgIpc) is 2.98. The molecule has 0 saturated carbocycles. The first kappa shape index (κ1) is 13.4. The monoisotopic (exact) mass is 305 g/mol. The number of nitrogens with zero attached hydrogens (tertiary/aromatic N) is 2. The van der Waals surface area contributed by atoms with Gasteiger partial charge >= 0.3 is 0 Å². The molecule has 0 bridgehead atoms. The number of anilines is 1. The molecule has 1 N–H and O–H groups in total. The number of hydrogen-bond acceptors (Lipinski definition) is 6. The van der Waals surface area contributed by atoms with Crippen LogP contribution in [0.25, 0.3) is 10.9 Å². The zero-order chi connectivity index (χ0) is 14.9. The van der Waals surface area contributed by atoms with E-state index in [1.54, 1.807) is 19.2 Å². The van der Waals surface area contributed by atoms with Gasteiger partial charge in [-0.2, -0.15) is 0 Å². The Kier molecular flexibility index (Phi) is 3.22. The number of fused-ring (bicyclic) bond motifs is 1. The zero-order valence-corrected chi connectivity index (χ0v) is 11.8. The van der Waals surface area contributed by atoms with Crippen molar-refractivity contribution in [2.75, 3.05) is 11.8 Å². The first-order chi connectivity index (χ1) is 10.1. The highest BCUT2D eigenvalue weighted by molar-refractivity contribution is 7.92. The number of pyridine rings is 1. The predicted octanol–water partition coefficient (Wildman–Crippen LogP) is 2.03. The van der Waals surface area contributed by atoms with Crippen LogP contribution in [0.1, 0.15) is 0 Å². The van der Waals surface area contributed by atoms with E-state index < -0.39 is 10.0 Å². The van der Waals surface area contributed by atoms with Gasteiger partial charge in [0, 0.05) is 11.5 Å². The topological polar surface area (TPSA) is 94.3 Å². The van der Waals surface area contributed by atoms with E-state index >= 15 is 0 Å². The molecule has 8 heteroatoms. The minimum absolute atomic E-state index is 0.0932. The molecule has 0 spiro atoms. The lowest BCUT2D eigenvalue weighted by Gasteiger charge is -2.06. The summed E-state index contributed by atoms with van der Waals surface area (Å²) in [6.07, 6.45) is 2.82. The number of rotatable bonds is 4. The summed E-state index contributed by atoms with van der Waals surface area (Å²) < 4.78 is 36.4. The zero-order valence-electron chi connectivity index (χ0n) is 11.0. The first-order valence-electron chi connectivity index (χ1n) is 5.95. The SMILES string of the molecule is COc1cnc2cc(S(=O)(=O)Nc3ccon3)ccc2c1. The van der Waals surface area contributed by atoms with Crippen LogP contribution in [0, 0.1) is 0 Å². The van der Waals surface area contributed by atoms with Crippen LogP contribution in [-0.2, 0) is 10.0 Å². The highest BCUT2D eigenvalue weighted by Gasteiger charge is 2.16. The Hall–Kier alpha value is -2.61. The molecule has 0 atom stereocenters. The minimum Gasteiger partial charge on any atom is -0.495 e. The molecule has 0 fully saturated rings. The molecule has 0 aliphatic rings. The molecular formula is C13H11N3O4S. The van der Waals surface area contributed by atoms with Crippen molar-refractivity contribution >= 4 is 26.7 Å². The van der Waals surface area contributed by atoms with E-state index in [-0.39, 0.29) is 10.7 Å². The average molecular weight is 305 g/mol. The van der Waals surface area contributed by atoms with Gasteiger partial charge in [0.25, 0.3) is 10.0 Å². The van der Waals surface area contributed by atoms with E-state index in [0.717, 1.165) is 5.39 Å². The molecule has 2 aromatic heterocycles. The Balaban J connectivity index is 2.00. The van der Waals surface area contributed by atoms with Gasteiger partial charge in [0.2, 0.25) is 0 Å². The molecule has 21 heavy (non-hydrogen) atoms. The van der Waals surface area contributed by atoms with Gasteiger partial charge in [0.05, 0.1) is 23.7 Å². The molecule has 3 rings (SSSR count). The largest absolute Gasteiger partial charge is 0.495 e. The number of hydrogen-bond donors (Lipinski definition) is 1. The highest BCUT2D eigenvalue weighted by atomic mass is 32.2. The van der Waals surface area contributed by atoms with Crippen LogP contribution < -0.4 is 9.46 Å². The quantitative estimate of drug-likeness (QED) is 0.792. The lowest BCUT2D eigenvalue weighted by molar-refractivity contribution is 0.414. The minimum atomic E-state index is -3.73. The Labute approximate surface area is 120 Å². The molecule has 0 radical (unpaired) electrons. The summed E-state index contributed by atoms with van der Waals surface area (Å²) in [5.41, 5.74) is 0.554. The van der Waals surface area contributed by atoms with Gasteiger partial charge in [-0.1, -0.05) is 11.2 Å². The summed E-state index contributed by atoms with van der Waals surface area (Å²) >= 11 is 0. The third-order valence-corrected chi connectivity index (χ3v) is 4.21. The van der Waals surface area contributed by atoms with Crippen molar-refractivity contribution < 1.29 is 17.7 Å². The smallest absolute Gasteiger partial charge is 0.263 e. The Bertz CT molecular complexity index is 876. The van der Waals surface area contributed by atoms with Crippen molar-refractivity contribution in [3.05, 3.63) is 42.8 Å². The third kappa shape index (κ3) is 2.65. The normalized spacial score (nSPS) is 11.5. The number of ether oxygens (including phenoxy) is 1. The molecule has 1 aromatic carbocycles. The van der Waals surface area contributed by atoms with E-state index in [1.807, 2.05) is 0 Å². The fourth-order valence-electron chi connectivity index (χ4n) is 1.82. The fraction of sp³-hybridized carbons (Fsp3) is 0.0769. The maximum Gasteiger partial charge on any atom is 0.263 e. The second-order valence-corrected chi connectivity index (χ2v) is 5.90. The van der Waals surface area contributed by atoms with Crippen molar-refractivity contribution in [3.8, 4) is 5.75 Å². The van der Waals surface area contributed by atoms with Crippen molar-refractivity contribution in [1.29, 1.82) is 0 Å². The van der Waals surface area contributed by atoms with Crippen LogP contribution in [0.15, 0.2) is 52.2 Å². The molecule has 108 valence electrons. The van der Waals surface area contributed by atoms with E-state index in [0.29, 0.717) is 11.3 Å². The molecule has 0 saturated heterocycles. The van der Waals surface area contributed by atoms with E-state index in [2.05, 4.69) is 19.4 Å². The van der Waals surface area contributed by atoms with E-state index in [4.69, 9.17) is 4.74 Å². The molecule has 0 aliphatic carbocycles. The second kappa shape index (κ2) is 5.06. The van der Waals surface area contributed by atoms with Crippen LogP contribution in [0.4, 0.5) is 5.82 Å². The summed E-state index contributed by atoms with van der Waals surface area (Å²) in [6.45, 7) is 0. The predicted molar refractivity (Wildman–Crippen MR) is 75.6 cm³/mol. The van der Waals surface area contributed by atoms with Gasteiger partial charge in [-0.15, -0.1) is 0 Å². The molecule has 0 amide bonds. The maximum absolute atomic E-state index is 12.2. The van der Waals surface area contributed by atoms with Gasteiger partial charge in [-0.3, -0.25) is 9.71 Å². The summed E-state index contributed by atoms with van der Waals surface area (Å²) in [7, 11) is -2.19. The Morgan fingerprint density at radius 1 is 1.24 bits per heavy atom. The molecule has 0 aliphatic heterocycles. The number of sulfonamides is 1. The second-order valence-electron chi connectivity index (χ2n) is 4.22. The molecule has 3 aromatic rings. The highest BCUT2D eigenvalue weighted by Crippen LogP contribution is 2.22.